The largest absolute Gasteiger partial charge is 0.377 e. The van der Waals surface area contributed by atoms with Crippen LogP contribution in [0.25, 0.3) is 0 Å². The van der Waals surface area contributed by atoms with Crippen LogP contribution in [0.4, 0.5) is 0 Å². The van der Waals surface area contributed by atoms with E-state index in [0.717, 1.165) is 25.7 Å². The molecule has 3 rings (SSSR count). The number of carbonyl (C=O) groups is 2. The number of carbonyl (C=O) groups excluding carboxylic acids is 2. The molecular formula is C19H23N3O3. The quantitative estimate of drug-likeness (QED) is 0.901. The summed E-state index contributed by atoms with van der Waals surface area (Å²) in [5, 5.41) is 8.83. The van der Waals surface area contributed by atoms with Gasteiger partial charge < -0.3 is 15.4 Å². The summed E-state index contributed by atoms with van der Waals surface area (Å²) >= 11 is 0. The van der Waals surface area contributed by atoms with Crippen molar-refractivity contribution in [1.82, 2.24) is 4.90 Å². The topological polar surface area (TPSA) is 96.4 Å². The molecule has 0 unspecified atom stereocenters. The second-order valence-corrected chi connectivity index (χ2v) is 6.87. The molecule has 6 nitrogen and oxygen atoms in total. The Bertz CT molecular complexity index is 672. The number of amides is 2. The van der Waals surface area contributed by atoms with Crippen molar-refractivity contribution in [1.29, 1.82) is 5.26 Å². The van der Waals surface area contributed by atoms with Gasteiger partial charge in [0.1, 0.15) is 0 Å². The first-order chi connectivity index (χ1) is 12.1. The Kier molecular flexibility index (Phi) is 5.34. The summed E-state index contributed by atoms with van der Waals surface area (Å²) in [6.07, 6.45) is 3.31. The van der Waals surface area contributed by atoms with E-state index >= 15 is 0 Å². The normalized spacial score (nSPS) is 24.0. The summed E-state index contributed by atoms with van der Waals surface area (Å²) in [5.41, 5.74) is 6.62. The Balaban J connectivity index is 1.52. The number of nitrogens with zero attached hydrogens (tertiary/aromatic N) is 2. The lowest BCUT2D eigenvalue weighted by atomic mass is 9.86. The van der Waals surface area contributed by atoms with Crippen molar-refractivity contribution in [2.45, 2.75) is 31.8 Å². The molecule has 0 spiro atoms. The number of hydrogen-bond acceptors (Lipinski definition) is 4. The monoisotopic (exact) mass is 341 g/mol. The highest BCUT2D eigenvalue weighted by molar-refractivity contribution is 5.94. The lowest BCUT2D eigenvalue weighted by molar-refractivity contribution is -0.123. The van der Waals surface area contributed by atoms with Gasteiger partial charge in [-0.1, -0.05) is 0 Å². The van der Waals surface area contributed by atoms with Crippen molar-refractivity contribution in [3.05, 3.63) is 35.4 Å². The Hall–Kier alpha value is -2.39. The number of ether oxygens (including phenoxy) is 1. The fourth-order valence-corrected chi connectivity index (χ4v) is 3.78. The molecule has 2 saturated heterocycles. The summed E-state index contributed by atoms with van der Waals surface area (Å²) in [6, 6.07) is 8.80. The zero-order valence-electron chi connectivity index (χ0n) is 14.2. The third-order valence-electron chi connectivity index (χ3n) is 5.30. The summed E-state index contributed by atoms with van der Waals surface area (Å²) in [4.78, 5) is 25.9. The smallest absolute Gasteiger partial charge is 0.253 e. The molecule has 132 valence electrons. The van der Waals surface area contributed by atoms with Crippen LogP contribution < -0.4 is 5.73 Å². The molecule has 0 radical (unpaired) electrons. The van der Waals surface area contributed by atoms with Crippen LogP contribution in [0.3, 0.4) is 0 Å². The zero-order chi connectivity index (χ0) is 17.8. The van der Waals surface area contributed by atoms with E-state index in [1.165, 1.54) is 0 Å². The molecule has 0 saturated carbocycles. The van der Waals surface area contributed by atoms with E-state index < -0.39 is 0 Å². The number of hydrogen-bond donors (Lipinski definition) is 1. The lowest BCUT2D eigenvalue weighted by Gasteiger charge is -2.33. The van der Waals surface area contributed by atoms with E-state index in [1.807, 2.05) is 4.90 Å². The molecule has 2 atom stereocenters. The maximum atomic E-state index is 12.5. The van der Waals surface area contributed by atoms with E-state index in [0.29, 0.717) is 36.7 Å². The highest BCUT2D eigenvalue weighted by Crippen LogP contribution is 2.31. The number of likely N-dealkylation sites (tertiary alicyclic amines) is 1. The molecule has 0 bridgehead atoms. The second-order valence-electron chi connectivity index (χ2n) is 6.87. The average molecular weight is 341 g/mol. The Labute approximate surface area is 147 Å². The molecule has 2 aliphatic heterocycles. The fourth-order valence-electron chi connectivity index (χ4n) is 3.78. The summed E-state index contributed by atoms with van der Waals surface area (Å²) < 4.78 is 5.69. The van der Waals surface area contributed by atoms with Gasteiger partial charge in [-0.3, -0.25) is 9.59 Å². The first-order valence-corrected chi connectivity index (χ1v) is 8.79. The van der Waals surface area contributed by atoms with Crippen LogP contribution in [-0.4, -0.2) is 42.5 Å². The van der Waals surface area contributed by atoms with E-state index in [2.05, 4.69) is 6.07 Å². The van der Waals surface area contributed by atoms with Gasteiger partial charge in [0, 0.05) is 25.3 Å². The molecule has 2 heterocycles. The van der Waals surface area contributed by atoms with Crippen molar-refractivity contribution in [2.75, 3.05) is 19.7 Å². The lowest BCUT2D eigenvalue weighted by Crippen LogP contribution is -2.40. The maximum absolute atomic E-state index is 12.5. The van der Waals surface area contributed by atoms with Gasteiger partial charge >= 0.3 is 0 Å². The van der Waals surface area contributed by atoms with Gasteiger partial charge in [0.2, 0.25) is 5.91 Å². The van der Waals surface area contributed by atoms with Crippen LogP contribution in [0.15, 0.2) is 24.3 Å². The van der Waals surface area contributed by atoms with Crippen LogP contribution in [0.2, 0.25) is 0 Å². The number of rotatable bonds is 4. The molecule has 2 N–H and O–H groups in total. The molecule has 2 aliphatic rings. The summed E-state index contributed by atoms with van der Waals surface area (Å²) in [5.74, 6) is 0.0271. The Morgan fingerprint density at radius 1 is 1.20 bits per heavy atom. The van der Waals surface area contributed by atoms with Crippen LogP contribution >= 0.6 is 0 Å². The van der Waals surface area contributed by atoms with Crippen molar-refractivity contribution in [3.63, 3.8) is 0 Å². The van der Waals surface area contributed by atoms with E-state index in [-0.39, 0.29) is 23.8 Å². The van der Waals surface area contributed by atoms with Crippen LogP contribution in [0, 0.1) is 23.2 Å². The Morgan fingerprint density at radius 2 is 1.88 bits per heavy atom. The minimum absolute atomic E-state index is 0.00932. The predicted molar refractivity (Wildman–Crippen MR) is 91.4 cm³/mol. The summed E-state index contributed by atoms with van der Waals surface area (Å²) in [7, 11) is 0. The molecule has 6 heteroatoms. The molecule has 0 aromatic heterocycles. The van der Waals surface area contributed by atoms with Crippen LogP contribution in [0.1, 0.15) is 41.6 Å². The van der Waals surface area contributed by atoms with Crippen molar-refractivity contribution < 1.29 is 14.3 Å². The standard InChI is InChI=1S/C19H23N3O3/c20-12-14-1-3-15(4-2-14)19(24)22-8-5-13(6-9-22)11-17-16(18(21)23)7-10-25-17/h1-4,13,16-17H,5-11H2,(H2,21,23)/t16-,17-/m1/s1. The summed E-state index contributed by atoms with van der Waals surface area (Å²) in [6.45, 7) is 2.02. The third kappa shape index (κ3) is 3.99. The van der Waals surface area contributed by atoms with Crippen molar-refractivity contribution in [2.24, 2.45) is 17.6 Å². The minimum Gasteiger partial charge on any atom is -0.377 e. The van der Waals surface area contributed by atoms with Crippen molar-refractivity contribution in [3.8, 4) is 6.07 Å². The average Bonchev–Trinajstić information content (AvgIpc) is 3.10. The van der Waals surface area contributed by atoms with E-state index in [4.69, 9.17) is 15.7 Å². The van der Waals surface area contributed by atoms with Crippen LogP contribution in [-0.2, 0) is 9.53 Å². The van der Waals surface area contributed by atoms with E-state index in [1.54, 1.807) is 24.3 Å². The number of nitrogens with two attached hydrogens (primary N) is 1. The van der Waals surface area contributed by atoms with Gasteiger partial charge in [-0.15, -0.1) is 0 Å². The fraction of sp³-hybridized carbons (Fsp3) is 0.526. The van der Waals surface area contributed by atoms with Gasteiger partial charge in [0.15, 0.2) is 0 Å². The molecule has 1 aromatic carbocycles. The van der Waals surface area contributed by atoms with Gasteiger partial charge in [0.25, 0.3) is 5.91 Å². The number of nitriles is 1. The molecule has 0 aliphatic carbocycles. The SMILES string of the molecule is N#Cc1ccc(C(=O)N2CCC(C[C@H]3OCC[C@H]3C(N)=O)CC2)cc1. The highest BCUT2D eigenvalue weighted by Gasteiger charge is 2.35. The van der Waals surface area contributed by atoms with Gasteiger partial charge in [0.05, 0.1) is 23.7 Å². The molecule has 2 amide bonds. The van der Waals surface area contributed by atoms with Crippen LogP contribution in [0.5, 0.6) is 0 Å². The highest BCUT2D eigenvalue weighted by atomic mass is 16.5. The van der Waals surface area contributed by atoms with Gasteiger partial charge in [-0.25, -0.2) is 0 Å². The zero-order valence-corrected chi connectivity index (χ0v) is 14.2. The molecule has 25 heavy (non-hydrogen) atoms. The Morgan fingerprint density at radius 3 is 2.48 bits per heavy atom. The molecular weight excluding hydrogens is 318 g/mol. The second kappa shape index (κ2) is 7.66. The van der Waals surface area contributed by atoms with E-state index in [9.17, 15) is 9.59 Å². The van der Waals surface area contributed by atoms with Gasteiger partial charge in [-0.2, -0.15) is 5.26 Å². The predicted octanol–water partition coefficient (Wildman–Crippen LogP) is 1.69. The van der Waals surface area contributed by atoms with Crippen molar-refractivity contribution >= 4 is 11.8 Å². The number of primary amides is 1. The third-order valence-corrected chi connectivity index (χ3v) is 5.30. The maximum Gasteiger partial charge on any atom is 0.253 e. The number of benzene rings is 1. The minimum atomic E-state index is -0.268. The number of piperidine rings is 1. The van der Waals surface area contributed by atoms with Gasteiger partial charge in [-0.05, 0) is 55.9 Å². The molecule has 1 aromatic rings. The first-order valence-electron chi connectivity index (χ1n) is 8.79. The first kappa shape index (κ1) is 17.4. The molecule has 2 fully saturated rings.